The van der Waals surface area contributed by atoms with Gasteiger partial charge in [-0.1, -0.05) is 68.3 Å². The van der Waals surface area contributed by atoms with Gasteiger partial charge in [-0.2, -0.15) is 0 Å². The lowest BCUT2D eigenvalue weighted by molar-refractivity contribution is 0.591. The van der Waals surface area contributed by atoms with Crippen molar-refractivity contribution in [3.05, 3.63) is 71.3 Å². The smallest absolute Gasteiger partial charge is 0.0466 e. The van der Waals surface area contributed by atoms with E-state index in [0.29, 0.717) is 0 Å². The summed E-state index contributed by atoms with van der Waals surface area (Å²) in [5.41, 5.74) is 6.36. The topological polar surface area (TPSA) is 12.0 Å². The van der Waals surface area contributed by atoms with Gasteiger partial charge in [-0.15, -0.1) is 0 Å². The quantitative estimate of drug-likeness (QED) is 0.570. The number of rotatable bonds is 2. The summed E-state index contributed by atoms with van der Waals surface area (Å²) < 4.78 is 0. The van der Waals surface area contributed by atoms with Gasteiger partial charge < -0.3 is 5.32 Å². The van der Waals surface area contributed by atoms with Crippen LogP contribution in [0.4, 0.5) is 11.4 Å². The number of hydrogen-bond donors (Lipinski definition) is 1. The standard InChI is InChI=1S/C22H25N/c1-15-6-9-19(10-7-15)23-21-14-18(22(3,4)5)13-17-12-16(2)8-11-20(17)21/h6-14,23H,1-5H3. The molecule has 0 amide bonds. The second-order valence-electron chi connectivity index (χ2n) is 7.49. The van der Waals surface area contributed by atoms with E-state index in [9.17, 15) is 0 Å². The van der Waals surface area contributed by atoms with Crippen molar-refractivity contribution in [3.8, 4) is 0 Å². The maximum atomic E-state index is 3.61. The van der Waals surface area contributed by atoms with Crippen LogP contribution in [-0.4, -0.2) is 0 Å². The third-order valence-corrected chi connectivity index (χ3v) is 4.30. The average molecular weight is 303 g/mol. The van der Waals surface area contributed by atoms with Gasteiger partial charge >= 0.3 is 0 Å². The van der Waals surface area contributed by atoms with E-state index in [4.69, 9.17) is 0 Å². The second kappa shape index (κ2) is 5.73. The van der Waals surface area contributed by atoms with Gasteiger partial charge in [0.15, 0.2) is 0 Å². The van der Waals surface area contributed by atoms with Gasteiger partial charge in [0.1, 0.15) is 0 Å². The molecule has 118 valence electrons. The first-order chi connectivity index (χ1) is 10.8. The number of nitrogens with one attached hydrogen (secondary N) is 1. The van der Waals surface area contributed by atoms with Gasteiger partial charge in [0.2, 0.25) is 0 Å². The molecule has 3 aromatic carbocycles. The zero-order chi connectivity index (χ0) is 16.6. The molecule has 1 heteroatoms. The lowest BCUT2D eigenvalue weighted by Crippen LogP contribution is -2.11. The van der Waals surface area contributed by atoms with Crippen molar-refractivity contribution >= 4 is 22.1 Å². The highest BCUT2D eigenvalue weighted by Gasteiger charge is 2.16. The van der Waals surface area contributed by atoms with Gasteiger partial charge in [0.25, 0.3) is 0 Å². The lowest BCUT2D eigenvalue weighted by atomic mass is 9.85. The van der Waals surface area contributed by atoms with Crippen LogP contribution < -0.4 is 5.32 Å². The van der Waals surface area contributed by atoms with E-state index in [1.807, 2.05) is 0 Å². The third kappa shape index (κ3) is 3.39. The Labute approximate surface area is 139 Å². The number of benzene rings is 3. The van der Waals surface area contributed by atoms with Crippen LogP contribution in [0.25, 0.3) is 10.8 Å². The number of anilines is 2. The van der Waals surface area contributed by atoms with Crippen molar-refractivity contribution in [1.29, 1.82) is 0 Å². The van der Waals surface area contributed by atoms with E-state index in [-0.39, 0.29) is 5.41 Å². The van der Waals surface area contributed by atoms with E-state index >= 15 is 0 Å². The highest BCUT2D eigenvalue weighted by atomic mass is 14.9. The Hall–Kier alpha value is -2.28. The molecular formula is C22H25N. The highest BCUT2D eigenvalue weighted by molar-refractivity contribution is 5.96. The molecule has 0 saturated heterocycles. The summed E-state index contributed by atoms with van der Waals surface area (Å²) in [4.78, 5) is 0. The van der Waals surface area contributed by atoms with Crippen LogP contribution in [0, 0.1) is 13.8 Å². The molecular weight excluding hydrogens is 278 g/mol. The van der Waals surface area contributed by atoms with Crippen molar-refractivity contribution in [2.24, 2.45) is 0 Å². The highest BCUT2D eigenvalue weighted by Crippen LogP contribution is 2.34. The van der Waals surface area contributed by atoms with Crippen LogP contribution in [-0.2, 0) is 5.41 Å². The van der Waals surface area contributed by atoms with Crippen molar-refractivity contribution in [2.45, 2.75) is 40.0 Å². The van der Waals surface area contributed by atoms with Gasteiger partial charge in [-0.25, -0.2) is 0 Å². The Bertz CT molecular complexity index is 836. The molecule has 3 rings (SSSR count). The summed E-state index contributed by atoms with van der Waals surface area (Å²) in [6.07, 6.45) is 0. The summed E-state index contributed by atoms with van der Waals surface area (Å²) in [7, 11) is 0. The first kappa shape index (κ1) is 15.6. The summed E-state index contributed by atoms with van der Waals surface area (Å²) in [6, 6.07) is 19.8. The largest absolute Gasteiger partial charge is 0.355 e. The summed E-state index contributed by atoms with van der Waals surface area (Å²) in [6.45, 7) is 11.1. The Kier molecular flexibility index (Phi) is 3.89. The Morgan fingerprint density at radius 2 is 1.39 bits per heavy atom. The predicted octanol–water partition coefficient (Wildman–Crippen LogP) is 6.50. The average Bonchev–Trinajstić information content (AvgIpc) is 2.48. The zero-order valence-corrected chi connectivity index (χ0v) is 14.7. The normalized spacial score (nSPS) is 11.7. The van der Waals surface area contributed by atoms with Crippen molar-refractivity contribution in [1.82, 2.24) is 0 Å². The Morgan fingerprint density at radius 1 is 0.739 bits per heavy atom. The molecule has 1 N–H and O–H groups in total. The first-order valence-electron chi connectivity index (χ1n) is 8.21. The van der Waals surface area contributed by atoms with E-state index in [0.717, 1.165) is 5.69 Å². The van der Waals surface area contributed by atoms with Crippen molar-refractivity contribution in [3.63, 3.8) is 0 Å². The Morgan fingerprint density at radius 3 is 2.04 bits per heavy atom. The lowest BCUT2D eigenvalue weighted by Gasteiger charge is -2.22. The van der Waals surface area contributed by atoms with E-state index in [1.165, 1.54) is 33.2 Å². The van der Waals surface area contributed by atoms with Gasteiger partial charge in [0.05, 0.1) is 0 Å². The second-order valence-corrected chi connectivity index (χ2v) is 7.49. The molecule has 0 aliphatic carbocycles. The summed E-state index contributed by atoms with van der Waals surface area (Å²) in [5.74, 6) is 0. The van der Waals surface area contributed by atoms with Gasteiger partial charge in [-0.3, -0.25) is 0 Å². The molecule has 0 aromatic heterocycles. The molecule has 0 saturated carbocycles. The molecule has 23 heavy (non-hydrogen) atoms. The van der Waals surface area contributed by atoms with Gasteiger partial charge in [0, 0.05) is 16.8 Å². The van der Waals surface area contributed by atoms with Crippen LogP contribution in [0.1, 0.15) is 37.5 Å². The number of aryl methyl sites for hydroxylation is 2. The first-order valence-corrected chi connectivity index (χ1v) is 8.21. The van der Waals surface area contributed by atoms with Gasteiger partial charge in [-0.05, 0) is 48.4 Å². The van der Waals surface area contributed by atoms with Crippen LogP contribution in [0.15, 0.2) is 54.6 Å². The summed E-state index contributed by atoms with van der Waals surface area (Å²) >= 11 is 0. The van der Waals surface area contributed by atoms with Crippen LogP contribution in [0.3, 0.4) is 0 Å². The molecule has 0 bridgehead atoms. The fraction of sp³-hybridized carbons (Fsp3) is 0.273. The monoisotopic (exact) mass is 303 g/mol. The number of hydrogen-bond acceptors (Lipinski definition) is 1. The predicted molar refractivity (Wildman–Crippen MR) is 102 cm³/mol. The SMILES string of the molecule is Cc1ccc(Nc2cc(C(C)(C)C)cc3cc(C)ccc23)cc1. The molecule has 3 aromatic rings. The minimum absolute atomic E-state index is 0.127. The molecule has 0 radical (unpaired) electrons. The molecule has 0 fully saturated rings. The maximum absolute atomic E-state index is 3.61. The van der Waals surface area contributed by atoms with E-state index < -0.39 is 0 Å². The minimum Gasteiger partial charge on any atom is -0.355 e. The summed E-state index contributed by atoms with van der Waals surface area (Å²) in [5, 5.41) is 6.17. The fourth-order valence-corrected chi connectivity index (χ4v) is 2.82. The third-order valence-electron chi connectivity index (χ3n) is 4.30. The molecule has 0 aliphatic rings. The van der Waals surface area contributed by atoms with Crippen LogP contribution >= 0.6 is 0 Å². The van der Waals surface area contributed by atoms with E-state index in [2.05, 4.69) is 94.5 Å². The van der Waals surface area contributed by atoms with Crippen molar-refractivity contribution < 1.29 is 0 Å². The van der Waals surface area contributed by atoms with E-state index in [1.54, 1.807) is 0 Å². The zero-order valence-electron chi connectivity index (χ0n) is 14.7. The molecule has 0 spiro atoms. The molecule has 0 atom stereocenters. The van der Waals surface area contributed by atoms with Crippen molar-refractivity contribution in [2.75, 3.05) is 5.32 Å². The molecule has 0 heterocycles. The molecule has 0 unspecified atom stereocenters. The van der Waals surface area contributed by atoms with Crippen LogP contribution in [0.5, 0.6) is 0 Å². The molecule has 1 nitrogen and oxygen atoms in total. The fourth-order valence-electron chi connectivity index (χ4n) is 2.82. The number of fused-ring (bicyclic) bond motifs is 1. The Balaban J connectivity index is 2.15. The molecule has 0 aliphatic heterocycles. The minimum atomic E-state index is 0.127. The maximum Gasteiger partial charge on any atom is 0.0466 e. The van der Waals surface area contributed by atoms with Crippen LogP contribution in [0.2, 0.25) is 0 Å².